The van der Waals surface area contributed by atoms with E-state index in [4.69, 9.17) is 4.74 Å². The van der Waals surface area contributed by atoms with Crippen molar-refractivity contribution in [2.45, 2.75) is 11.8 Å². The molecule has 4 aromatic rings. The van der Waals surface area contributed by atoms with E-state index in [1.54, 1.807) is 48.5 Å². The summed E-state index contributed by atoms with van der Waals surface area (Å²) >= 11 is 0. The Labute approximate surface area is 196 Å². The Bertz CT molecular complexity index is 1480. The number of methoxy groups -OCH3 is 1. The summed E-state index contributed by atoms with van der Waals surface area (Å²) in [5.41, 5.74) is 1.81. The van der Waals surface area contributed by atoms with Crippen LogP contribution in [0.3, 0.4) is 0 Å². The maximum absolute atomic E-state index is 13.5. The van der Waals surface area contributed by atoms with Gasteiger partial charge in [-0.1, -0.05) is 35.9 Å². The second-order valence-electron chi connectivity index (χ2n) is 7.62. The van der Waals surface area contributed by atoms with Crippen LogP contribution in [-0.4, -0.2) is 38.5 Å². The molecule has 0 amide bonds. The number of anilines is 1. The van der Waals surface area contributed by atoms with Crippen molar-refractivity contribution in [1.82, 2.24) is 4.57 Å². The van der Waals surface area contributed by atoms with E-state index >= 15 is 0 Å². The molecule has 0 atom stereocenters. The average Bonchev–Trinajstić information content (AvgIpc) is 3.23. The number of benzene rings is 3. The molecule has 0 bridgehead atoms. The molecule has 0 unspecified atom stereocenters. The van der Waals surface area contributed by atoms with Crippen molar-refractivity contribution in [3.05, 3.63) is 95.9 Å². The van der Waals surface area contributed by atoms with Gasteiger partial charge in [-0.2, -0.15) is 0 Å². The fourth-order valence-corrected chi connectivity index (χ4v) is 5.03. The van der Waals surface area contributed by atoms with Gasteiger partial charge in [0.15, 0.2) is 0 Å². The number of hydrogen-bond donors (Lipinski definition) is 0. The van der Waals surface area contributed by atoms with Crippen molar-refractivity contribution < 1.29 is 27.1 Å². The van der Waals surface area contributed by atoms with E-state index in [9.17, 15) is 22.4 Å². The molecule has 1 aromatic heterocycles. The molecule has 1 heterocycles. The summed E-state index contributed by atoms with van der Waals surface area (Å²) in [5.74, 6) is -1.78. The van der Waals surface area contributed by atoms with Crippen LogP contribution in [0.15, 0.2) is 83.9 Å². The number of nitrogens with zero attached hydrogens (tertiary/aromatic N) is 2. The number of hydrogen-bond acceptors (Lipinski definition) is 5. The summed E-state index contributed by atoms with van der Waals surface area (Å²) in [6.45, 7) is 1.30. The third kappa shape index (κ3) is 4.29. The molecule has 0 fully saturated rings. The lowest BCUT2D eigenvalue weighted by atomic mass is 10.2. The SMILES string of the molecule is COC(=O)c1cn(C(=O)CN(c2ccc(C)cc2)S(=O)(=O)c2ccc(F)cc2)c2ccccc12. The molecule has 4 rings (SSSR count). The topological polar surface area (TPSA) is 85.7 Å². The van der Waals surface area contributed by atoms with Gasteiger partial charge < -0.3 is 4.74 Å². The fourth-order valence-electron chi connectivity index (χ4n) is 3.62. The average molecular weight is 481 g/mol. The van der Waals surface area contributed by atoms with Crippen LogP contribution in [0.2, 0.25) is 0 Å². The van der Waals surface area contributed by atoms with E-state index in [0.29, 0.717) is 10.9 Å². The number of ether oxygens (including phenoxy) is 1. The van der Waals surface area contributed by atoms with Crippen molar-refractivity contribution >= 4 is 38.5 Å². The second-order valence-corrected chi connectivity index (χ2v) is 9.48. The van der Waals surface area contributed by atoms with Crippen molar-refractivity contribution in [2.75, 3.05) is 18.0 Å². The minimum absolute atomic E-state index is 0.158. The third-order valence-corrected chi connectivity index (χ3v) is 7.18. The van der Waals surface area contributed by atoms with E-state index in [2.05, 4.69) is 0 Å². The number of esters is 1. The van der Waals surface area contributed by atoms with Gasteiger partial charge in [0, 0.05) is 11.6 Å². The number of carbonyl (C=O) groups is 2. The molecule has 174 valence electrons. The van der Waals surface area contributed by atoms with Crippen LogP contribution in [0.5, 0.6) is 0 Å². The standard InChI is InChI=1S/C25H21FN2O5S/c1-17-7-11-19(12-8-17)28(34(31,32)20-13-9-18(26)10-14-20)16-24(29)27-15-22(25(30)33-2)21-5-3-4-6-23(21)27/h3-15H,16H2,1-2H3. The van der Waals surface area contributed by atoms with Crippen LogP contribution < -0.4 is 4.31 Å². The van der Waals surface area contributed by atoms with Gasteiger partial charge in [-0.15, -0.1) is 0 Å². The predicted molar refractivity (Wildman–Crippen MR) is 126 cm³/mol. The van der Waals surface area contributed by atoms with Crippen molar-refractivity contribution in [3.8, 4) is 0 Å². The lowest BCUT2D eigenvalue weighted by Crippen LogP contribution is -2.37. The number of fused-ring (bicyclic) bond motifs is 1. The van der Waals surface area contributed by atoms with Gasteiger partial charge in [0.25, 0.3) is 15.9 Å². The Morgan fingerprint density at radius 1 is 0.971 bits per heavy atom. The molecule has 7 nitrogen and oxygen atoms in total. The summed E-state index contributed by atoms with van der Waals surface area (Å²) in [5, 5.41) is 0.506. The molecule has 34 heavy (non-hydrogen) atoms. The van der Waals surface area contributed by atoms with E-state index in [1.807, 2.05) is 6.92 Å². The van der Waals surface area contributed by atoms with Crippen LogP contribution in [0.25, 0.3) is 10.9 Å². The Kier molecular flexibility index (Phi) is 6.21. The highest BCUT2D eigenvalue weighted by Crippen LogP contribution is 2.26. The van der Waals surface area contributed by atoms with E-state index < -0.39 is 34.3 Å². The monoisotopic (exact) mass is 480 g/mol. The molecular formula is C25H21FN2O5S. The summed E-state index contributed by atoms with van der Waals surface area (Å²) in [4.78, 5) is 25.5. The normalized spacial score (nSPS) is 11.4. The number of sulfonamides is 1. The Morgan fingerprint density at radius 3 is 2.26 bits per heavy atom. The summed E-state index contributed by atoms with van der Waals surface area (Å²) in [6, 6.07) is 17.8. The molecule has 0 N–H and O–H groups in total. The quantitative estimate of drug-likeness (QED) is 0.382. The van der Waals surface area contributed by atoms with Crippen LogP contribution in [0, 0.1) is 12.7 Å². The molecule has 0 spiro atoms. The minimum atomic E-state index is -4.21. The highest BCUT2D eigenvalue weighted by molar-refractivity contribution is 7.92. The van der Waals surface area contributed by atoms with Gasteiger partial charge in [-0.05, 0) is 49.4 Å². The zero-order valence-electron chi connectivity index (χ0n) is 18.4. The van der Waals surface area contributed by atoms with E-state index in [1.165, 1.54) is 17.9 Å². The van der Waals surface area contributed by atoms with Crippen molar-refractivity contribution in [3.63, 3.8) is 0 Å². The highest BCUT2D eigenvalue weighted by Gasteiger charge is 2.29. The largest absolute Gasteiger partial charge is 0.465 e. The smallest absolute Gasteiger partial charge is 0.340 e. The lowest BCUT2D eigenvalue weighted by molar-refractivity contribution is 0.0603. The number of aromatic nitrogens is 1. The van der Waals surface area contributed by atoms with Gasteiger partial charge in [0.05, 0.1) is 28.8 Å². The first-order chi connectivity index (χ1) is 16.2. The number of rotatable bonds is 6. The summed E-state index contributed by atoms with van der Waals surface area (Å²) in [6.07, 6.45) is 1.34. The maximum Gasteiger partial charge on any atom is 0.340 e. The van der Waals surface area contributed by atoms with Gasteiger partial charge in [0.1, 0.15) is 12.4 Å². The first kappa shape index (κ1) is 23.2. The zero-order valence-corrected chi connectivity index (χ0v) is 19.3. The van der Waals surface area contributed by atoms with Crippen LogP contribution in [0.1, 0.15) is 20.7 Å². The molecule has 0 aliphatic heterocycles. The molecule has 9 heteroatoms. The van der Waals surface area contributed by atoms with Gasteiger partial charge >= 0.3 is 5.97 Å². The number of halogens is 1. The van der Waals surface area contributed by atoms with Crippen LogP contribution in [0.4, 0.5) is 10.1 Å². The maximum atomic E-state index is 13.5. The molecule has 0 aliphatic carbocycles. The second kappa shape index (κ2) is 9.11. The van der Waals surface area contributed by atoms with E-state index in [0.717, 1.165) is 34.1 Å². The number of para-hydroxylation sites is 1. The first-order valence-electron chi connectivity index (χ1n) is 10.3. The van der Waals surface area contributed by atoms with Gasteiger partial charge in [0.2, 0.25) is 0 Å². The third-order valence-electron chi connectivity index (χ3n) is 5.39. The van der Waals surface area contributed by atoms with Gasteiger partial charge in [-0.3, -0.25) is 13.7 Å². The first-order valence-corrected chi connectivity index (χ1v) is 11.7. The summed E-state index contributed by atoms with van der Waals surface area (Å²) < 4.78 is 47.4. The minimum Gasteiger partial charge on any atom is -0.465 e. The van der Waals surface area contributed by atoms with Crippen LogP contribution in [-0.2, 0) is 14.8 Å². The van der Waals surface area contributed by atoms with Crippen molar-refractivity contribution in [2.24, 2.45) is 0 Å². The molecule has 0 radical (unpaired) electrons. The highest BCUT2D eigenvalue weighted by atomic mass is 32.2. The predicted octanol–water partition coefficient (Wildman–Crippen LogP) is 4.41. The lowest BCUT2D eigenvalue weighted by Gasteiger charge is -2.24. The Morgan fingerprint density at radius 2 is 1.62 bits per heavy atom. The van der Waals surface area contributed by atoms with Crippen LogP contribution >= 0.6 is 0 Å². The fraction of sp³-hybridized carbons (Fsp3) is 0.120. The number of carbonyl (C=O) groups excluding carboxylic acids is 2. The van der Waals surface area contributed by atoms with Crippen molar-refractivity contribution in [1.29, 1.82) is 0 Å². The molecule has 0 saturated carbocycles. The van der Waals surface area contributed by atoms with Gasteiger partial charge in [-0.25, -0.2) is 17.6 Å². The summed E-state index contributed by atoms with van der Waals surface area (Å²) in [7, 11) is -2.97. The Balaban J connectivity index is 1.80. The van der Waals surface area contributed by atoms with E-state index in [-0.39, 0.29) is 16.1 Å². The number of aryl methyl sites for hydroxylation is 1. The molecule has 3 aromatic carbocycles. The molecule has 0 aliphatic rings. The molecule has 0 saturated heterocycles. The zero-order chi connectivity index (χ0) is 24.5. The Hall–Kier alpha value is -3.98. The molecular weight excluding hydrogens is 459 g/mol.